The van der Waals surface area contributed by atoms with E-state index < -0.39 is 10.0 Å². The van der Waals surface area contributed by atoms with Crippen molar-refractivity contribution in [2.45, 2.75) is 30.8 Å². The van der Waals surface area contributed by atoms with E-state index in [1.54, 1.807) is 10.4 Å². The Morgan fingerprint density at radius 1 is 1.25 bits per heavy atom. The van der Waals surface area contributed by atoms with Crippen LogP contribution >= 0.6 is 11.6 Å². The molecule has 20 heavy (non-hydrogen) atoms. The van der Waals surface area contributed by atoms with Crippen molar-refractivity contribution in [3.63, 3.8) is 0 Å². The summed E-state index contributed by atoms with van der Waals surface area (Å²) in [4.78, 5) is 0.116. The lowest BCUT2D eigenvalue weighted by molar-refractivity contribution is 0.281. The highest BCUT2D eigenvalue weighted by Crippen LogP contribution is 2.40. The molecule has 1 N–H and O–H groups in total. The first-order valence-electron chi connectivity index (χ1n) is 6.92. The van der Waals surface area contributed by atoms with Gasteiger partial charge in [-0.15, -0.1) is 0 Å². The van der Waals surface area contributed by atoms with Gasteiger partial charge in [0.2, 0.25) is 10.0 Å². The molecule has 1 aliphatic carbocycles. The van der Waals surface area contributed by atoms with Crippen LogP contribution in [0.1, 0.15) is 24.8 Å². The van der Waals surface area contributed by atoms with Gasteiger partial charge in [-0.05, 0) is 42.4 Å². The quantitative estimate of drug-likeness (QED) is 0.930. The number of halogens is 1. The summed E-state index contributed by atoms with van der Waals surface area (Å²) in [6.07, 6.45) is 3.46. The summed E-state index contributed by atoms with van der Waals surface area (Å²) in [6.45, 7) is 1.02. The van der Waals surface area contributed by atoms with Gasteiger partial charge >= 0.3 is 0 Å². The van der Waals surface area contributed by atoms with E-state index in [4.69, 9.17) is 16.7 Å². The predicted octanol–water partition coefficient (Wildman–Crippen LogP) is 2.25. The topological polar surface area (TPSA) is 57.6 Å². The average Bonchev–Trinajstić information content (AvgIpc) is 3.00. The van der Waals surface area contributed by atoms with Gasteiger partial charge in [0.1, 0.15) is 4.90 Å². The molecular formula is C14H18ClNO3S. The summed E-state index contributed by atoms with van der Waals surface area (Å²) < 4.78 is 27.0. The Hall–Kier alpha value is -0.620. The number of nitrogens with zero attached hydrogens (tertiary/aromatic N) is 1. The van der Waals surface area contributed by atoms with E-state index in [1.165, 1.54) is 18.6 Å². The first-order valence-corrected chi connectivity index (χ1v) is 8.73. The summed E-state index contributed by atoms with van der Waals surface area (Å²) in [5.74, 6) is 1.01. The summed E-state index contributed by atoms with van der Waals surface area (Å²) in [5.41, 5.74) is 0.562. The second kappa shape index (κ2) is 5.30. The van der Waals surface area contributed by atoms with Gasteiger partial charge in [0, 0.05) is 13.1 Å². The fraction of sp³-hybridized carbons (Fsp3) is 0.571. The SMILES string of the molecule is O=S(=O)(c1cc(CO)ccc1Cl)N1CC2CCCC2C1. The van der Waals surface area contributed by atoms with E-state index in [9.17, 15) is 8.42 Å². The predicted molar refractivity (Wildman–Crippen MR) is 77.0 cm³/mol. The Labute approximate surface area is 124 Å². The summed E-state index contributed by atoms with van der Waals surface area (Å²) in [5, 5.41) is 9.39. The van der Waals surface area contributed by atoms with Crippen LogP contribution in [0.25, 0.3) is 0 Å². The molecule has 1 saturated carbocycles. The van der Waals surface area contributed by atoms with Crippen molar-refractivity contribution in [3.05, 3.63) is 28.8 Å². The fourth-order valence-electron chi connectivity index (χ4n) is 3.37. The zero-order valence-electron chi connectivity index (χ0n) is 11.1. The molecule has 6 heteroatoms. The second-order valence-electron chi connectivity index (χ2n) is 5.70. The molecule has 0 aromatic heterocycles. The maximum atomic E-state index is 12.7. The molecule has 4 nitrogen and oxygen atoms in total. The Balaban J connectivity index is 1.92. The second-order valence-corrected chi connectivity index (χ2v) is 8.01. The van der Waals surface area contributed by atoms with Crippen molar-refractivity contribution >= 4 is 21.6 Å². The summed E-state index contributed by atoms with van der Waals surface area (Å²) in [7, 11) is -3.55. The molecule has 3 rings (SSSR count). The third kappa shape index (κ3) is 2.37. The van der Waals surface area contributed by atoms with Crippen molar-refractivity contribution in [1.82, 2.24) is 4.31 Å². The van der Waals surface area contributed by atoms with Crippen molar-refractivity contribution in [3.8, 4) is 0 Å². The number of aliphatic hydroxyl groups is 1. The summed E-state index contributed by atoms with van der Waals surface area (Å²) in [6, 6.07) is 4.66. The number of fused-ring (bicyclic) bond motifs is 1. The molecule has 0 amide bonds. The van der Waals surface area contributed by atoms with Gasteiger partial charge < -0.3 is 5.11 Å². The lowest BCUT2D eigenvalue weighted by atomic mass is 10.0. The van der Waals surface area contributed by atoms with E-state index in [-0.39, 0.29) is 16.5 Å². The van der Waals surface area contributed by atoms with Crippen LogP contribution in [0.4, 0.5) is 0 Å². The van der Waals surface area contributed by atoms with Crippen molar-refractivity contribution in [1.29, 1.82) is 0 Å². The minimum absolute atomic E-state index is 0.116. The normalized spacial score (nSPS) is 26.9. The fourth-order valence-corrected chi connectivity index (χ4v) is 5.45. The van der Waals surface area contributed by atoms with Gasteiger partial charge in [0.15, 0.2) is 0 Å². The first kappa shape index (κ1) is 14.3. The molecule has 2 unspecified atom stereocenters. The van der Waals surface area contributed by atoms with E-state index in [0.717, 1.165) is 12.8 Å². The van der Waals surface area contributed by atoms with Crippen LogP contribution in [0.3, 0.4) is 0 Å². The van der Waals surface area contributed by atoms with E-state index in [0.29, 0.717) is 30.5 Å². The van der Waals surface area contributed by atoms with Gasteiger partial charge in [0.05, 0.1) is 11.6 Å². The van der Waals surface area contributed by atoms with E-state index >= 15 is 0 Å². The lowest BCUT2D eigenvalue weighted by Crippen LogP contribution is -2.30. The van der Waals surface area contributed by atoms with Crippen LogP contribution < -0.4 is 0 Å². The molecule has 1 saturated heterocycles. The number of benzene rings is 1. The number of rotatable bonds is 3. The first-order chi connectivity index (χ1) is 9.52. The van der Waals surface area contributed by atoms with Crippen molar-refractivity contribution in [2.24, 2.45) is 11.8 Å². The highest BCUT2D eigenvalue weighted by molar-refractivity contribution is 7.89. The molecule has 110 valence electrons. The molecule has 0 radical (unpaired) electrons. The minimum Gasteiger partial charge on any atom is -0.392 e. The molecule has 1 aliphatic heterocycles. The van der Waals surface area contributed by atoms with Crippen LogP contribution in [-0.2, 0) is 16.6 Å². The molecule has 1 aromatic carbocycles. The van der Waals surface area contributed by atoms with Crippen LogP contribution in [0.15, 0.2) is 23.1 Å². The van der Waals surface area contributed by atoms with Crippen LogP contribution in [0.2, 0.25) is 5.02 Å². The van der Waals surface area contributed by atoms with Gasteiger partial charge in [-0.3, -0.25) is 0 Å². The zero-order chi connectivity index (χ0) is 14.3. The highest BCUT2D eigenvalue weighted by atomic mass is 35.5. The maximum absolute atomic E-state index is 12.7. The van der Waals surface area contributed by atoms with Crippen LogP contribution in [0.5, 0.6) is 0 Å². The van der Waals surface area contributed by atoms with Crippen molar-refractivity contribution < 1.29 is 13.5 Å². The number of aliphatic hydroxyl groups excluding tert-OH is 1. The van der Waals surface area contributed by atoms with Crippen LogP contribution in [-0.4, -0.2) is 30.9 Å². The Morgan fingerprint density at radius 3 is 2.50 bits per heavy atom. The molecule has 1 heterocycles. The minimum atomic E-state index is -3.55. The molecule has 2 fully saturated rings. The van der Waals surface area contributed by atoms with Gasteiger partial charge in [-0.25, -0.2) is 8.42 Å². The third-order valence-electron chi connectivity index (χ3n) is 4.49. The smallest absolute Gasteiger partial charge is 0.244 e. The lowest BCUT2D eigenvalue weighted by Gasteiger charge is -2.18. The van der Waals surface area contributed by atoms with Gasteiger partial charge in [-0.1, -0.05) is 24.1 Å². The summed E-state index contributed by atoms with van der Waals surface area (Å²) >= 11 is 6.05. The van der Waals surface area contributed by atoms with Crippen molar-refractivity contribution in [2.75, 3.05) is 13.1 Å². The van der Waals surface area contributed by atoms with Gasteiger partial charge in [0.25, 0.3) is 0 Å². The zero-order valence-corrected chi connectivity index (χ0v) is 12.7. The highest BCUT2D eigenvalue weighted by Gasteiger charge is 2.41. The standard InChI is InChI=1S/C14H18ClNO3S/c15-13-5-4-10(9-17)6-14(13)20(18,19)16-7-11-2-1-3-12(11)8-16/h4-6,11-12,17H,1-3,7-9H2. The monoisotopic (exact) mass is 315 g/mol. The maximum Gasteiger partial charge on any atom is 0.244 e. The molecular weight excluding hydrogens is 298 g/mol. The molecule has 2 aliphatic rings. The molecule has 0 spiro atoms. The third-order valence-corrected chi connectivity index (χ3v) is 6.80. The Bertz CT molecular complexity index is 605. The molecule has 1 aromatic rings. The number of sulfonamides is 1. The Morgan fingerprint density at radius 2 is 1.90 bits per heavy atom. The van der Waals surface area contributed by atoms with Crippen LogP contribution in [0, 0.1) is 11.8 Å². The molecule has 0 bridgehead atoms. The average molecular weight is 316 g/mol. The largest absolute Gasteiger partial charge is 0.392 e. The Kier molecular flexibility index (Phi) is 3.79. The van der Waals surface area contributed by atoms with E-state index in [1.807, 2.05) is 0 Å². The number of hydrogen-bond acceptors (Lipinski definition) is 3. The number of hydrogen-bond donors (Lipinski definition) is 1. The molecule has 2 atom stereocenters. The van der Waals surface area contributed by atoms with Gasteiger partial charge in [-0.2, -0.15) is 4.31 Å². The van der Waals surface area contributed by atoms with E-state index in [2.05, 4.69) is 0 Å².